The molecule has 3 rings (SSSR count). The molecule has 0 unspecified atom stereocenters. The molecule has 1 heterocycles. The summed E-state index contributed by atoms with van der Waals surface area (Å²) in [6.07, 6.45) is 0.609. The van der Waals surface area contributed by atoms with E-state index in [0.29, 0.717) is 54.8 Å². The summed E-state index contributed by atoms with van der Waals surface area (Å²) in [6.45, 7) is 1.78. The standard InChI is InChI=1S/C20H21ClN2O5/c1-26-19(24)15-4-2-13(3-5-15)12-23-20(25)22-7-6-14-10-16(21)18-17(11-14)27-8-9-28-18/h2-5,10-11H,6-9,12H2,1H3,(H2,22,23,25). The number of urea groups is 1. The third-order valence-corrected chi connectivity index (χ3v) is 4.46. The summed E-state index contributed by atoms with van der Waals surface area (Å²) in [6, 6.07) is 10.3. The van der Waals surface area contributed by atoms with Gasteiger partial charge in [-0.3, -0.25) is 0 Å². The first-order chi connectivity index (χ1) is 13.6. The highest BCUT2D eigenvalue weighted by Crippen LogP contribution is 2.38. The van der Waals surface area contributed by atoms with E-state index in [0.717, 1.165) is 11.1 Å². The second kappa shape index (κ2) is 9.32. The molecule has 0 atom stereocenters. The lowest BCUT2D eigenvalue weighted by Gasteiger charge is -2.20. The number of carbonyl (C=O) groups excluding carboxylic acids is 2. The van der Waals surface area contributed by atoms with Gasteiger partial charge in [0.1, 0.15) is 13.2 Å². The Morgan fingerprint density at radius 3 is 2.57 bits per heavy atom. The Morgan fingerprint density at radius 2 is 1.82 bits per heavy atom. The van der Waals surface area contributed by atoms with Crippen LogP contribution in [0.25, 0.3) is 0 Å². The van der Waals surface area contributed by atoms with Gasteiger partial charge in [0.2, 0.25) is 0 Å². The second-order valence-electron chi connectivity index (χ2n) is 6.15. The molecule has 0 aliphatic carbocycles. The number of hydrogen-bond acceptors (Lipinski definition) is 5. The number of carbonyl (C=O) groups is 2. The Kier molecular flexibility index (Phi) is 6.60. The highest BCUT2D eigenvalue weighted by Gasteiger charge is 2.16. The van der Waals surface area contributed by atoms with Crippen molar-refractivity contribution in [3.8, 4) is 11.5 Å². The van der Waals surface area contributed by atoms with E-state index in [1.54, 1.807) is 24.3 Å². The number of halogens is 1. The van der Waals surface area contributed by atoms with Crippen molar-refractivity contribution in [3.63, 3.8) is 0 Å². The predicted molar refractivity (Wildman–Crippen MR) is 104 cm³/mol. The zero-order chi connectivity index (χ0) is 19.9. The zero-order valence-electron chi connectivity index (χ0n) is 15.4. The SMILES string of the molecule is COC(=O)c1ccc(CNC(=O)NCCc2cc(Cl)c3c(c2)OCCO3)cc1. The minimum absolute atomic E-state index is 0.277. The Labute approximate surface area is 167 Å². The maximum Gasteiger partial charge on any atom is 0.337 e. The molecule has 1 aliphatic rings. The van der Waals surface area contributed by atoms with Crippen molar-refractivity contribution >= 4 is 23.6 Å². The summed E-state index contributed by atoms with van der Waals surface area (Å²) in [5.41, 5.74) is 2.29. The summed E-state index contributed by atoms with van der Waals surface area (Å²) in [4.78, 5) is 23.4. The minimum atomic E-state index is -0.392. The van der Waals surface area contributed by atoms with Gasteiger partial charge in [0.15, 0.2) is 11.5 Å². The first-order valence-electron chi connectivity index (χ1n) is 8.84. The number of methoxy groups -OCH3 is 1. The molecule has 148 valence electrons. The van der Waals surface area contributed by atoms with Gasteiger partial charge in [-0.25, -0.2) is 9.59 Å². The lowest BCUT2D eigenvalue weighted by Crippen LogP contribution is -2.36. The highest BCUT2D eigenvalue weighted by molar-refractivity contribution is 6.32. The van der Waals surface area contributed by atoms with Crippen LogP contribution in [0, 0.1) is 0 Å². The Hall–Kier alpha value is -2.93. The highest BCUT2D eigenvalue weighted by atomic mass is 35.5. The van der Waals surface area contributed by atoms with Crippen molar-refractivity contribution in [2.24, 2.45) is 0 Å². The molecular weight excluding hydrogens is 384 g/mol. The van der Waals surface area contributed by atoms with Gasteiger partial charge in [0.25, 0.3) is 0 Å². The molecule has 2 aromatic rings. The quantitative estimate of drug-likeness (QED) is 0.723. The van der Waals surface area contributed by atoms with Gasteiger partial charge in [-0.15, -0.1) is 0 Å². The zero-order valence-corrected chi connectivity index (χ0v) is 16.2. The molecule has 28 heavy (non-hydrogen) atoms. The van der Waals surface area contributed by atoms with Crippen LogP contribution in [0.4, 0.5) is 4.79 Å². The Balaban J connectivity index is 1.43. The fourth-order valence-electron chi connectivity index (χ4n) is 2.75. The Morgan fingerprint density at radius 1 is 1.07 bits per heavy atom. The number of ether oxygens (including phenoxy) is 3. The van der Waals surface area contributed by atoms with Gasteiger partial charge in [0, 0.05) is 13.1 Å². The maximum atomic E-state index is 12.0. The van der Waals surface area contributed by atoms with Crippen LogP contribution in [0.1, 0.15) is 21.5 Å². The molecule has 0 aromatic heterocycles. The van der Waals surface area contributed by atoms with Crippen LogP contribution in [0.5, 0.6) is 11.5 Å². The van der Waals surface area contributed by atoms with Crippen LogP contribution in [-0.4, -0.2) is 38.9 Å². The second-order valence-corrected chi connectivity index (χ2v) is 6.56. The van der Waals surface area contributed by atoms with E-state index in [-0.39, 0.29) is 6.03 Å². The first-order valence-corrected chi connectivity index (χ1v) is 9.21. The Bertz CT molecular complexity index is 854. The molecule has 0 saturated carbocycles. The molecule has 0 spiro atoms. The van der Waals surface area contributed by atoms with Gasteiger partial charge in [0.05, 0.1) is 17.7 Å². The van der Waals surface area contributed by atoms with Crippen LogP contribution in [0.3, 0.4) is 0 Å². The lowest BCUT2D eigenvalue weighted by atomic mass is 10.1. The summed E-state index contributed by atoms with van der Waals surface area (Å²) >= 11 is 6.21. The van der Waals surface area contributed by atoms with Crippen molar-refractivity contribution in [2.45, 2.75) is 13.0 Å². The van der Waals surface area contributed by atoms with Crippen molar-refractivity contribution in [1.82, 2.24) is 10.6 Å². The lowest BCUT2D eigenvalue weighted by molar-refractivity contribution is 0.0600. The molecule has 0 fully saturated rings. The number of nitrogens with one attached hydrogen (secondary N) is 2. The predicted octanol–water partition coefficient (Wildman–Crippen LogP) is 2.94. The maximum absolute atomic E-state index is 12.0. The van der Waals surface area contributed by atoms with Crippen molar-refractivity contribution in [3.05, 3.63) is 58.1 Å². The average Bonchev–Trinajstić information content (AvgIpc) is 2.72. The third kappa shape index (κ3) is 5.07. The van der Waals surface area contributed by atoms with Gasteiger partial charge < -0.3 is 24.8 Å². The van der Waals surface area contributed by atoms with Crippen LogP contribution in [0.15, 0.2) is 36.4 Å². The fourth-order valence-corrected chi connectivity index (χ4v) is 3.04. The summed E-state index contributed by atoms with van der Waals surface area (Å²) in [7, 11) is 1.33. The number of rotatable bonds is 6. The summed E-state index contributed by atoms with van der Waals surface area (Å²) in [5.74, 6) is 0.811. The number of fused-ring (bicyclic) bond motifs is 1. The number of benzene rings is 2. The number of hydrogen-bond donors (Lipinski definition) is 2. The first kappa shape index (κ1) is 19.8. The molecular formula is C20H21ClN2O5. The average molecular weight is 405 g/mol. The summed E-state index contributed by atoms with van der Waals surface area (Å²) in [5, 5.41) is 6.08. The normalized spacial score (nSPS) is 12.2. The molecule has 8 heteroatoms. The van der Waals surface area contributed by atoms with E-state index in [2.05, 4.69) is 15.4 Å². The monoisotopic (exact) mass is 404 g/mol. The van der Waals surface area contributed by atoms with Gasteiger partial charge in [-0.2, -0.15) is 0 Å². The largest absolute Gasteiger partial charge is 0.486 e. The van der Waals surface area contributed by atoms with Crippen molar-refractivity contribution in [2.75, 3.05) is 26.9 Å². The molecule has 0 bridgehead atoms. The van der Waals surface area contributed by atoms with Gasteiger partial charge >= 0.3 is 12.0 Å². The molecule has 2 aromatic carbocycles. The molecule has 2 N–H and O–H groups in total. The van der Waals surface area contributed by atoms with E-state index in [1.165, 1.54) is 7.11 Å². The van der Waals surface area contributed by atoms with Crippen LogP contribution < -0.4 is 20.1 Å². The van der Waals surface area contributed by atoms with Crippen LogP contribution >= 0.6 is 11.6 Å². The van der Waals surface area contributed by atoms with E-state index >= 15 is 0 Å². The van der Waals surface area contributed by atoms with Crippen molar-refractivity contribution in [1.29, 1.82) is 0 Å². The van der Waals surface area contributed by atoms with Gasteiger partial charge in [-0.05, 0) is 41.8 Å². The summed E-state index contributed by atoms with van der Waals surface area (Å²) < 4.78 is 15.7. The third-order valence-electron chi connectivity index (χ3n) is 4.18. The van der Waals surface area contributed by atoms with Gasteiger partial charge in [-0.1, -0.05) is 23.7 Å². The van der Waals surface area contributed by atoms with E-state index in [4.69, 9.17) is 21.1 Å². The fraction of sp³-hybridized carbons (Fsp3) is 0.300. The molecule has 7 nitrogen and oxygen atoms in total. The molecule has 1 aliphatic heterocycles. The molecule has 0 saturated heterocycles. The number of esters is 1. The molecule has 2 amide bonds. The van der Waals surface area contributed by atoms with E-state index in [9.17, 15) is 9.59 Å². The van der Waals surface area contributed by atoms with E-state index in [1.807, 2.05) is 12.1 Å². The number of amides is 2. The van der Waals surface area contributed by atoms with Crippen LogP contribution in [-0.2, 0) is 17.7 Å². The van der Waals surface area contributed by atoms with Crippen LogP contribution in [0.2, 0.25) is 5.02 Å². The topological polar surface area (TPSA) is 85.9 Å². The smallest absolute Gasteiger partial charge is 0.337 e. The minimum Gasteiger partial charge on any atom is -0.486 e. The molecule has 0 radical (unpaired) electrons. The van der Waals surface area contributed by atoms with E-state index < -0.39 is 5.97 Å². The van der Waals surface area contributed by atoms with Crippen molar-refractivity contribution < 1.29 is 23.8 Å².